The van der Waals surface area contributed by atoms with E-state index in [1.807, 2.05) is 19.9 Å². The lowest BCUT2D eigenvalue weighted by Crippen LogP contribution is -2.06. The first-order chi connectivity index (χ1) is 9.99. The molecule has 6 heteroatoms. The van der Waals surface area contributed by atoms with E-state index in [-0.39, 0.29) is 5.82 Å². The summed E-state index contributed by atoms with van der Waals surface area (Å²) in [5.74, 6) is 1.87. The second kappa shape index (κ2) is 6.85. The first kappa shape index (κ1) is 15.7. The van der Waals surface area contributed by atoms with E-state index in [4.69, 9.17) is 0 Å². The molecule has 112 valence electrons. The summed E-state index contributed by atoms with van der Waals surface area (Å²) in [7, 11) is 0. The van der Waals surface area contributed by atoms with E-state index in [9.17, 15) is 4.39 Å². The number of rotatable bonds is 5. The summed E-state index contributed by atoms with van der Waals surface area (Å²) in [6.07, 6.45) is 1.02. The Morgan fingerprint density at radius 2 is 1.86 bits per heavy atom. The molecule has 0 saturated heterocycles. The minimum atomic E-state index is -0.276. The van der Waals surface area contributed by atoms with Crippen LogP contribution in [0.1, 0.15) is 24.7 Å². The lowest BCUT2D eigenvalue weighted by atomic mass is 10.2. The molecular formula is C15H18BrFN4. The number of nitrogens with one attached hydrogen (secondary N) is 2. The van der Waals surface area contributed by atoms with Crippen molar-refractivity contribution < 1.29 is 4.39 Å². The van der Waals surface area contributed by atoms with Gasteiger partial charge < -0.3 is 10.6 Å². The molecule has 21 heavy (non-hydrogen) atoms. The Morgan fingerprint density at radius 1 is 1.14 bits per heavy atom. The maximum Gasteiger partial charge on any atom is 0.137 e. The number of benzene rings is 1. The summed E-state index contributed by atoms with van der Waals surface area (Å²) >= 11 is 3.20. The van der Waals surface area contributed by atoms with E-state index < -0.39 is 0 Å². The molecule has 0 aliphatic rings. The molecule has 2 aromatic rings. The fraction of sp³-hybridized carbons (Fsp3) is 0.333. The van der Waals surface area contributed by atoms with Gasteiger partial charge in [0.25, 0.3) is 0 Å². The number of halogens is 2. The van der Waals surface area contributed by atoms with Crippen LogP contribution in [0.4, 0.5) is 21.7 Å². The van der Waals surface area contributed by atoms with Gasteiger partial charge in [0.15, 0.2) is 0 Å². The minimum Gasteiger partial charge on any atom is -0.370 e. The smallest absolute Gasteiger partial charge is 0.137 e. The highest BCUT2D eigenvalue weighted by Gasteiger charge is 2.07. The van der Waals surface area contributed by atoms with Crippen molar-refractivity contribution in [3.8, 4) is 0 Å². The van der Waals surface area contributed by atoms with Gasteiger partial charge in [0.1, 0.15) is 23.3 Å². The van der Waals surface area contributed by atoms with E-state index >= 15 is 0 Å². The van der Waals surface area contributed by atoms with Crippen LogP contribution >= 0.6 is 15.9 Å². The SMILES string of the molecule is CCCNc1cc(Nc2cc(Br)c(F)cc2C)nc(C)n1. The fourth-order valence-corrected chi connectivity index (χ4v) is 2.24. The summed E-state index contributed by atoms with van der Waals surface area (Å²) in [6.45, 7) is 6.65. The van der Waals surface area contributed by atoms with Gasteiger partial charge in [0, 0.05) is 18.3 Å². The number of aryl methyl sites for hydroxylation is 2. The van der Waals surface area contributed by atoms with Crippen molar-refractivity contribution in [2.24, 2.45) is 0 Å². The zero-order valence-corrected chi connectivity index (χ0v) is 13.9. The predicted molar refractivity (Wildman–Crippen MR) is 87.7 cm³/mol. The summed E-state index contributed by atoms with van der Waals surface area (Å²) in [5, 5.41) is 6.45. The second-order valence-corrected chi connectivity index (χ2v) is 5.67. The zero-order valence-electron chi connectivity index (χ0n) is 12.3. The molecule has 1 heterocycles. The van der Waals surface area contributed by atoms with Crippen LogP contribution in [0.15, 0.2) is 22.7 Å². The molecule has 0 fully saturated rings. The van der Waals surface area contributed by atoms with Crippen LogP contribution in [0.3, 0.4) is 0 Å². The molecule has 2 N–H and O–H groups in total. The lowest BCUT2D eigenvalue weighted by Gasteiger charge is -2.12. The summed E-state index contributed by atoms with van der Waals surface area (Å²) in [4.78, 5) is 8.69. The topological polar surface area (TPSA) is 49.8 Å². The molecule has 0 aliphatic carbocycles. The highest BCUT2D eigenvalue weighted by molar-refractivity contribution is 9.10. The van der Waals surface area contributed by atoms with Crippen molar-refractivity contribution in [2.45, 2.75) is 27.2 Å². The van der Waals surface area contributed by atoms with Gasteiger partial charge in [-0.15, -0.1) is 0 Å². The summed E-state index contributed by atoms with van der Waals surface area (Å²) in [5.41, 5.74) is 1.62. The largest absolute Gasteiger partial charge is 0.370 e. The Balaban J connectivity index is 2.27. The molecule has 0 aliphatic heterocycles. The van der Waals surface area contributed by atoms with Crippen molar-refractivity contribution in [3.05, 3.63) is 39.9 Å². The highest BCUT2D eigenvalue weighted by atomic mass is 79.9. The van der Waals surface area contributed by atoms with E-state index in [1.54, 1.807) is 6.07 Å². The number of hydrogen-bond donors (Lipinski definition) is 2. The average molecular weight is 353 g/mol. The molecule has 1 aromatic carbocycles. The Morgan fingerprint density at radius 3 is 2.57 bits per heavy atom. The maximum absolute atomic E-state index is 13.5. The predicted octanol–water partition coefficient (Wildman–Crippen LogP) is 4.56. The zero-order chi connectivity index (χ0) is 15.4. The number of nitrogens with zero attached hydrogens (tertiary/aromatic N) is 2. The standard InChI is InChI=1S/C15H18BrFN4/c1-4-5-18-14-8-15(20-10(3)19-14)21-13-7-11(16)12(17)6-9(13)2/h6-8H,4-5H2,1-3H3,(H2,18,19,20,21). The first-order valence-electron chi connectivity index (χ1n) is 6.82. The van der Waals surface area contributed by atoms with Crippen molar-refractivity contribution in [2.75, 3.05) is 17.2 Å². The first-order valence-corrected chi connectivity index (χ1v) is 7.61. The maximum atomic E-state index is 13.5. The quantitative estimate of drug-likeness (QED) is 0.827. The highest BCUT2D eigenvalue weighted by Crippen LogP contribution is 2.27. The van der Waals surface area contributed by atoms with Gasteiger partial charge in [-0.05, 0) is 53.9 Å². The monoisotopic (exact) mass is 352 g/mol. The van der Waals surface area contributed by atoms with Crippen molar-refractivity contribution in [3.63, 3.8) is 0 Å². The van der Waals surface area contributed by atoms with E-state index in [2.05, 4.69) is 43.5 Å². The normalized spacial score (nSPS) is 10.5. The molecule has 1 aromatic heterocycles. The molecule has 2 rings (SSSR count). The molecule has 0 radical (unpaired) electrons. The van der Waals surface area contributed by atoms with Crippen LogP contribution < -0.4 is 10.6 Å². The summed E-state index contributed by atoms with van der Waals surface area (Å²) in [6, 6.07) is 5.04. The van der Waals surface area contributed by atoms with Crippen molar-refractivity contribution in [1.29, 1.82) is 0 Å². The Kier molecular flexibility index (Phi) is 5.12. The van der Waals surface area contributed by atoms with Crippen LogP contribution in [0.25, 0.3) is 0 Å². The van der Waals surface area contributed by atoms with Gasteiger partial charge in [-0.3, -0.25) is 0 Å². The van der Waals surface area contributed by atoms with E-state index in [0.717, 1.165) is 30.0 Å². The van der Waals surface area contributed by atoms with Gasteiger partial charge in [-0.2, -0.15) is 0 Å². The van der Waals surface area contributed by atoms with Crippen molar-refractivity contribution in [1.82, 2.24) is 9.97 Å². The summed E-state index contributed by atoms with van der Waals surface area (Å²) < 4.78 is 13.9. The van der Waals surface area contributed by atoms with Crippen LogP contribution in [-0.2, 0) is 0 Å². The van der Waals surface area contributed by atoms with Crippen LogP contribution in [0.2, 0.25) is 0 Å². The van der Waals surface area contributed by atoms with Gasteiger partial charge in [0.2, 0.25) is 0 Å². The molecule has 0 atom stereocenters. The Bertz CT molecular complexity index is 646. The van der Waals surface area contributed by atoms with Gasteiger partial charge in [-0.25, -0.2) is 14.4 Å². The van der Waals surface area contributed by atoms with Crippen LogP contribution in [0.5, 0.6) is 0 Å². The third-order valence-electron chi connectivity index (χ3n) is 2.92. The third kappa shape index (κ3) is 4.14. The molecule has 0 bridgehead atoms. The molecule has 4 nitrogen and oxygen atoms in total. The molecule has 0 amide bonds. The van der Waals surface area contributed by atoms with Crippen molar-refractivity contribution >= 4 is 33.3 Å². The van der Waals surface area contributed by atoms with E-state index in [0.29, 0.717) is 16.1 Å². The average Bonchev–Trinajstić information content (AvgIpc) is 2.42. The molecular weight excluding hydrogens is 335 g/mol. The Hall–Kier alpha value is -1.69. The second-order valence-electron chi connectivity index (χ2n) is 4.82. The van der Waals surface area contributed by atoms with E-state index in [1.165, 1.54) is 6.07 Å². The Labute approximate surface area is 132 Å². The van der Waals surface area contributed by atoms with Gasteiger partial charge in [0.05, 0.1) is 4.47 Å². The molecule has 0 unspecified atom stereocenters. The lowest BCUT2D eigenvalue weighted by molar-refractivity contribution is 0.620. The third-order valence-corrected chi connectivity index (χ3v) is 3.53. The molecule has 0 saturated carbocycles. The number of aromatic nitrogens is 2. The van der Waals surface area contributed by atoms with Crippen LogP contribution in [-0.4, -0.2) is 16.5 Å². The number of anilines is 3. The molecule has 0 spiro atoms. The fourth-order valence-electron chi connectivity index (χ4n) is 1.89. The minimum absolute atomic E-state index is 0.276. The van der Waals surface area contributed by atoms with Gasteiger partial charge in [-0.1, -0.05) is 6.92 Å². The number of hydrogen-bond acceptors (Lipinski definition) is 4. The van der Waals surface area contributed by atoms with Gasteiger partial charge >= 0.3 is 0 Å². The van der Waals surface area contributed by atoms with Crippen LogP contribution in [0, 0.1) is 19.7 Å².